The van der Waals surface area contributed by atoms with E-state index in [1.807, 2.05) is 11.8 Å². The molecule has 0 bridgehead atoms. The van der Waals surface area contributed by atoms with Crippen LogP contribution in [0.5, 0.6) is 0 Å². The molecule has 244 valence electrons. The number of aromatic nitrogens is 2. The molecule has 0 radical (unpaired) electrons. The van der Waals surface area contributed by atoms with Crippen LogP contribution in [-0.2, 0) is 5.41 Å². The first-order valence-corrected chi connectivity index (χ1v) is 18.5. The van der Waals surface area contributed by atoms with Crippen LogP contribution in [0.2, 0.25) is 0 Å². The van der Waals surface area contributed by atoms with Crippen molar-refractivity contribution in [1.29, 1.82) is 0 Å². The summed E-state index contributed by atoms with van der Waals surface area (Å²) in [4.78, 5) is 7.79. The van der Waals surface area contributed by atoms with Crippen molar-refractivity contribution in [3.8, 4) is 39.3 Å². The van der Waals surface area contributed by atoms with E-state index in [-0.39, 0.29) is 0 Å². The maximum absolute atomic E-state index is 6.59. The molecule has 1 aliphatic heterocycles. The molecule has 2 N–H and O–H groups in total. The molecule has 2 heterocycles. The number of benzene rings is 8. The van der Waals surface area contributed by atoms with Gasteiger partial charge in [-0.2, -0.15) is 0 Å². The van der Waals surface area contributed by atoms with Crippen LogP contribution in [0, 0.1) is 0 Å². The molecule has 0 amide bonds. The van der Waals surface area contributed by atoms with Gasteiger partial charge >= 0.3 is 0 Å². The largest absolute Gasteiger partial charge is 0.399 e. The predicted octanol–water partition coefficient (Wildman–Crippen LogP) is 11.9. The zero-order valence-corrected chi connectivity index (χ0v) is 28.9. The summed E-state index contributed by atoms with van der Waals surface area (Å²) < 4.78 is 2.30. The lowest BCUT2D eigenvalue weighted by Gasteiger charge is -2.39. The first-order valence-electron chi connectivity index (χ1n) is 17.7. The minimum Gasteiger partial charge on any atom is -0.399 e. The molecule has 3 nitrogen and oxygen atoms in total. The van der Waals surface area contributed by atoms with Gasteiger partial charge < -0.3 is 5.73 Å². The van der Waals surface area contributed by atoms with E-state index < -0.39 is 5.41 Å². The number of rotatable bonds is 3. The number of para-hydroxylation sites is 2. The van der Waals surface area contributed by atoms with Gasteiger partial charge in [0, 0.05) is 26.7 Å². The minimum atomic E-state index is -0.449. The highest BCUT2D eigenvalue weighted by Crippen LogP contribution is 2.63. The maximum Gasteiger partial charge on any atom is 0.146 e. The molecule has 1 aromatic heterocycles. The van der Waals surface area contributed by atoms with Crippen molar-refractivity contribution < 1.29 is 0 Å². The number of nitrogens with two attached hydrogens (primary N) is 1. The fourth-order valence-electron chi connectivity index (χ4n) is 8.89. The monoisotopic (exact) mass is 681 g/mol. The zero-order valence-electron chi connectivity index (χ0n) is 28.1. The van der Waals surface area contributed by atoms with Gasteiger partial charge in [-0.1, -0.05) is 139 Å². The van der Waals surface area contributed by atoms with Gasteiger partial charge in [0.25, 0.3) is 0 Å². The summed E-state index contributed by atoms with van der Waals surface area (Å²) in [5.74, 6) is 0.935. The van der Waals surface area contributed by atoms with Crippen molar-refractivity contribution >= 4 is 39.3 Å². The highest BCUT2D eigenvalue weighted by atomic mass is 32.2. The molecule has 2 aliphatic rings. The van der Waals surface area contributed by atoms with Gasteiger partial charge in [-0.3, -0.25) is 4.57 Å². The first-order chi connectivity index (χ1) is 25.7. The van der Waals surface area contributed by atoms with E-state index in [9.17, 15) is 0 Å². The number of imidazole rings is 1. The van der Waals surface area contributed by atoms with Crippen LogP contribution >= 0.6 is 11.8 Å². The third-order valence-corrected chi connectivity index (χ3v) is 12.2. The Morgan fingerprint density at radius 3 is 2.00 bits per heavy atom. The molecular weight excluding hydrogens is 651 g/mol. The molecule has 52 heavy (non-hydrogen) atoms. The molecule has 0 unspecified atom stereocenters. The fraction of sp³-hybridized carbons (Fsp3) is 0.0208. The second-order valence-electron chi connectivity index (χ2n) is 13.7. The molecule has 8 aromatic carbocycles. The fourth-order valence-corrected chi connectivity index (χ4v) is 10.1. The summed E-state index contributed by atoms with van der Waals surface area (Å²) in [6, 6.07) is 63.6. The van der Waals surface area contributed by atoms with Gasteiger partial charge in [0.2, 0.25) is 0 Å². The lowest BCUT2D eigenvalue weighted by Crippen LogP contribution is -2.31. The Morgan fingerprint density at radius 1 is 0.519 bits per heavy atom. The van der Waals surface area contributed by atoms with Crippen LogP contribution in [0.3, 0.4) is 0 Å². The van der Waals surface area contributed by atoms with E-state index in [0.29, 0.717) is 0 Å². The van der Waals surface area contributed by atoms with Gasteiger partial charge in [-0.25, -0.2) is 4.98 Å². The van der Waals surface area contributed by atoms with Crippen molar-refractivity contribution in [1.82, 2.24) is 9.55 Å². The van der Waals surface area contributed by atoms with E-state index >= 15 is 0 Å². The Balaban J connectivity index is 1.12. The summed E-state index contributed by atoms with van der Waals surface area (Å²) in [5, 5.41) is 2.39. The number of nitrogens with zero attached hydrogens (tertiary/aromatic N) is 2. The Bertz CT molecular complexity index is 2850. The maximum atomic E-state index is 6.59. The summed E-state index contributed by atoms with van der Waals surface area (Å²) in [6.45, 7) is 0. The third kappa shape index (κ3) is 4.01. The average molecular weight is 682 g/mol. The minimum absolute atomic E-state index is 0.449. The standard InChI is InChI=1S/C48H31N3S/c49-32-25-28-38-37(29-32)46-35(14-10-18-41(46)48(38)39-16-3-7-21-44(39)52-45-22-8-4-17-40(45)48)31-23-26-33(27-24-31)51-43-20-6-5-19-42(43)50-47(51)36-15-9-12-30-11-1-2-13-34(30)36/h1-29H,49H2. The topological polar surface area (TPSA) is 43.8 Å². The summed E-state index contributed by atoms with van der Waals surface area (Å²) in [5.41, 5.74) is 21.2. The number of hydrogen-bond donors (Lipinski definition) is 1. The van der Waals surface area contributed by atoms with Crippen molar-refractivity contribution in [2.45, 2.75) is 15.2 Å². The zero-order chi connectivity index (χ0) is 34.4. The third-order valence-electron chi connectivity index (χ3n) is 11.0. The molecule has 0 atom stereocenters. The van der Waals surface area contributed by atoms with Crippen molar-refractivity contribution in [2.75, 3.05) is 5.73 Å². The Morgan fingerprint density at radius 2 is 1.17 bits per heavy atom. The number of anilines is 1. The van der Waals surface area contributed by atoms with E-state index in [4.69, 9.17) is 10.7 Å². The second-order valence-corrected chi connectivity index (χ2v) is 14.8. The normalized spacial score (nSPS) is 13.5. The Hall–Kier alpha value is -6.36. The lowest BCUT2D eigenvalue weighted by molar-refractivity contribution is 0.722. The van der Waals surface area contributed by atoms with Crippen molar-refractivity contribution in [3.63, 3.8) is 0 Å². The van der Waals surface area contributed by atoms with Crippen molar-refractivity contribution in [3.05, 3.63) is 198 Å². The first kappa shape index (κ1) is 29.4. The van der Waals surface area contributed by atoms with Crippen LogP contribution in [-0.4, -0.2) is 9.55 Å². The number of fused-ring (bicyclic) bond motifs is 11. The number of hydrogen-bond acceptors (Lipinski definition) is 3. The molecular formula is C48H31N3S. The average Bonchev–Trinajstić information content (AvgIpc) is 3.72. The predicted molar refractivity (Wildman–Crippen MR) is 215 cm³/mol. The van der Waals surface area contributed by atoms with Crippen LogP contribution < -0.4 is 5.73 Å². The van der Waals surface area contributed by atoms with Crippen LogP contribution in [0.25, 0.3) is 61.1 Å². The lowest BCUT2D eigenvalue weighted by atomic mass is 9.67. The quantitative estimate of drug-likeness (QED) is 0.189. The van der Waals surface area contributed by atoms with Gasteiger partial charge in [0.15, 0.2) is 0 Å². The molecule has 11 rings (SSSR count). The van der Waals surface area contributed by atoms with Gasteiger partial charge in [-0.05, 0) is 104 Å². The van der Waals surface area contributed by atoms with Gasteiger partial charge in [-0.15, -0.1) is 0 Å². The number of nitrogen functional groups attached to an aromatic ring is 1. The highest BCUT2D eigenvalue weighted by Gasteiger charge is 2.50. The molecule has 0 saturated carbocycles. The van der Waals surface area contributed by atoms with Crippen LogP contribution in [0.1, 0.15) is 22.3 Å². The van der Waals surface area contributed by atoms with Crippen molar-refractivity contribution in [2.24, 2.45) is 0 Å². The summed E-state index contributed by atoms with van der Waals surface area (Å²) in [7, 11) is 0. The summed E-state index contributed by atoms with van der Waals surface area (Å²) >= 11 is 1.87. The van der Waals surface area contributed by atoms with E-state index in [1.165, 1.54) is 59.5 Å². The Kier molecular flexibility index (Phi) is 6.25. The molecule has 9 aromatic rings. The van der Waals surface area contributed by atoms with Crippen LogP contribution in [0.4, 0.5) is 5.69 Å². The van der Waals surface area contributed by atoms with Crippen LogP contribution in [0.15, 0.2) is 186 Å². The van der Waals surface area contributed by atoms with E-state index in [2.05, 4.69) is 180 Å². The molecule has 0 fully saturated rings. The highest BCUT2D eigenvalue weighted by molar-refractivity contribution is 7.99. The van der Waals surface area contributed by atoms with Gasteiger partial charge in [0.1, 0.15) is 5.82 Å². The van der Waals surface area contributed by atoms with E-state index in [1.54, 1.807) is 0 Å². The second kappa shape index (κ2) is 11.1. The molecule has 4 heteroatoms. The smallest absolute Gasteiger partial charge is 0.146 e. The molecule has 0 saturated heterocycles. The SMILES string of the molecule is Nc1ccc2c(c1)-c1c(-c3ccc(-n4c(-c5cccc6ccccc56)nc5ccccc54)cc3)cccc1C21c2ccccc2Sc2ccccc21. The Labute approximate surface area is 306 Å². The molecule has 1 aliphatic carbocycles. The summed E-state index contributed by atoms with van der Waals surface area (Å²) in [6.07, 6.45) is 0. The molecule has 1 spiro atoms. The van der Waals surface area contributed by atoms with Gasteiger partial charge in [0.05, 0.1) is 16.4 Å². The van der Waals surface area contributed by atoms with E-state index in [0.717, 1.165) is 39.4 Å².